The minimum atomic E-state index is -0.361. The van der Waals surface area contributed by atoms with E-state index in [4.69, 9.17) is 10.8 Å². The molecule has 31 heavy (non-hydrogen) atoms. The Hall–Kier alpha value is -3.46. The minimum absolute atomic E-state index is 0.0327. The van der Waals surface area contributed by atoms with Crippen molar-refractivity contribution in [3.8, 4) is 11.8 Å². The maximum atomic E-state index is 14.2. The molecule has 156 valence electrons. The average molecular weight is 414 g/mol. The second kappa shape index (κ2) is 7.66. The van der Waals surface area contributed by atoms with Crippen molar-refractivity contribution >= 4 is 28.2 Å². The molecule has 1 saturated carbocycles. The molecule has 0 unspecified atom stereocenters. The van der Waals surface area contributed by atoms with Crippen LogP contribution in [0.1, 0.15) is 43.7 Å². The summed E-state index contributed by atoms with van der Waals surface area (Å²) in [4.78, 5) is 6.60. The van der Waals surface area contributed by atoms with E-state index in [0.717, 1.165) is 30.6 Å². The molecule has 0 spiro atoms. The van der Waals surface area contributed by atoms with Crippen molar-refractivity contribution < 1.29 is 4.39 Å². The van der Waals surface area contributed by atoms with E-state index in [2.05, 4.69) is 33.9 Å². The molecule has 0 atom stereocenters. The highest BCUT2D eigenvalue weighted by molar-refractivity contribution is 5.97. The van der Waals surface area contributed by atoms with Gasteiger partial charge in [-0.15, -0.1) is 0 Å². The molecule has 5 rings (SSSR count). The molecule has 2 heterocycles. The van der Waals surface area contributed by atoms with E-state index in [1.165, 1.54) is 41.5 Å². The number of halogens is 1. The summed E-state index contributed by atoms with van der Waals surface area (Å²) in [5, 5.41) is 17.1. The molecule has 1 fully saturated rings. The van der Waals surface area contributed by atoms with Crippen molar-refractivity contribution in [2.24, 2.45) is 5.92 Å². The highest BCUT2D eigenvalue weighted by Gasteiger charge is 2.24. The molecule has 2 aromatic carbocycles. The maximum Gasteiger partial charge on any atom is 0.230 e. The normalized spacial score (nSPS) is 15.7. The van der Waals surface area contributed by atoms with Gasteiger partial charge in [0, 0.05) is 29.1 Å². The standard InChI is InChI=1S/C25H24FN5/c1-16(27)31-23-13-12-19(26)15-21(23)24(29-25(31)28)30-14-4-8-20-18(7-3-9-22(20)30)11-10-17-5-2-6-17/h3,7,9,12-13,15,17,27-28H,2,4-6,8,14H2,1H3. The van der Waals surface area contributed by atoms with Crippen LogP contribution in [0.25, 0.3) is 10.9 Å². The first-order valence-corrected chi connectivity index (χ1v) is 10.8. The van der Waals surface area contributed by atoms with E-state index in [-0.39, 0.29) is 17.3 Å². The first-order valence-electron chi connectivity index (χ1n) is 10.8. The van der Waals surface area contributed by atoms with E-state index in [9.17, 15) is 4.39 Å². The Bertz CT molecular complexity index is 1320. The van der Waals surface area contributed by atoms with Crippen LogP contribution in [0.15, 0.2) is 36.4 Å². The number of rotatable bonds is 1. The van der Waals surface area contributed by atoms with Gasteiger partial charge in [0.2, 0.25) is 5.62 Å². The fourth-order valence-corrected chi connectivity index (χ4v) is 4.45. The summed E-state index contributed by atoms with van der Waals surface area (Å²) in [5.41, 5.74) is 3.84. The van der Waals surface area contributed by atoms with Gasteiger partial charge in [0.15, 0.2) is 0 Å². The monoisotopic (exact) mass is 413 g/mol. The largest absolute Gasteiger partial charge is 0.325 e. The van der Waals surface area contributed by atoms with Crippen LogP contribution in [0.2, 0.25) is 0 Å². The van der Waals surface area contributed by atoms with Crippen LogP contribution in [-0.4, -0.2) is 21.9 Å². The fourth-order valence-electron chi connectivity index (χ4n) is 4.45. The Morgan fingerprint density at radius 3 is 2.77 bits per heavy atom. The van der Waals surface area contributed by atoms with Gasteiger partial charge < -0.3 is 4.90 Å². The summed E-state index contributed by atoms with van der Waals surface area (Å²) < 4.78 is 15.7. The quantitative estimate of drug-likeness (QED) is 0.344. The van der Waals surface area contributed by atoms with Crippen LogP contribution >= 0.6 is 0 Å². The molecule has 6 heteroatoms. The highest BCUT2D eigenvalue weighted by Crippen LogP contribution is 2.37. The lowest BCUT2D eigenvalue weighted by Gasteiger charge is -2.32. The van der Waals surface area contributed by atoms with E-state index in [1.807, 2.05) is 6.07 Å². The van der Waals surface area contributed by atoms with Crippen LogP contribution in [0.3, 0.4) is 0 Å². The number of benzene rings is 2. The SMILES string of the molecule is CC(=N)n1c(=N)nc(N2CCCc3c(C#CC4CCC4)cccc32)c2cc(F)ccc21. The molecule has 0 amide bonds. The third kappa shape index (κ3) is 3.40. The van der Waals surface area contributed by atoms with Crippen molar-refractivity contribution in [3.63, 3.8) is 0 Å². The lowest BCUT2D eigenvalue weighted by Crippen LogP contribution is -2.33. The predicted octanol–water partition coefficient (Wildman–Crippen LogP) is 4.74. The van der Waals surface area contributed by atoms with Gasteiger partial charge in [-0.1, -0.05) is 24.3 Å². The number of fused-ring (bicyclic) bond motifs is 2. The Morgan fingerprint density at radius 2 is 2.03 bits per heavy atom. The van der Waals surface area contributed by atoms with E-state index < -0.39 is 0 Å². The lowest BCUT2D eigenvalue weighted by molar-refractivity contribution is 0.401. The van der Waals surface area contributed by atoms with Gasteiger partial charge in [0.05, 0.1) is 5.52 Å². The van der Waals surface area contributed by atoms with Crippen LogP contribution in [0.5, 0.6) is 0 Å². The van der Waals surface area contributed by atoms with Crippen LogP contribution in [0, 0.1) is 34.4 Å². The highest BCUT2D eigenvalue weighted by atomic mass is 19.1. The lowest BCUT2D eigenvalue weighted by atomic mass is 9.85. The zero-order valence-corrected chi connectivity index (χ0v) is 17.5. The number of anilines is 2. The average Bonchev–Trinajstić information content (AvgIpc) is 2.71. The Kier molecular flexibility index (Phi) is 4.82. The van der Waals surface area contributed by atoms with Crippen molar-refractivity contribution in [2.45, 2.75) is 39.0 Å². The zero-order chi connectivity index (χ0) is 21.5. The van der Waals surface area contributed by atoms with Crippen molar-refractivity contribution in [1.29, 1.82) is 10.8 Å². The summed E-state index contributed by atoms with van der Waals surface area (Å²) in [5.74, 6) is 7.71. The van der Waals surface area contributed by atoms with Gasteiger partial charge in [0.25, 0.3) is 0 Å². The Morgan fingerprint density at radius 1 is 1.19 bits per heavy atom. The number of aromatic nitrogens is 2. The molecule has 0 saturated heterocycles. The maximum absolute atomic E-state index is 14.2. The summed E-state index contributed by atoms with van der Waals surface area (Å²) >= 11 is 0. The number of nitrogens with one attached hydrogen (secondary N) is 2. The zero-order valence-electron chi connectivity index (χ0n) is 17.5. The molecular weight excluding hydrogens is 389 g/mol. The van der Waals surface area contributed by atoms with E-state index in [1.54, 1.807) is 13.0 Å². The summed E-state index contributed by atoms with van der Waals surface area (Å²) in [6.45, 7) is 2.34. The van der Waals surface area contributed by atoms with Crippen LogP contribution in [0.4, 0.5) is 15.9 Å². The van der Waals surface area contributed by atoms with Crippen LogP contribution < -0.4 is 10.5 Å². The number of nitrogens with zero attached hydrogens (tertiary/aromatic N) is 3. The van der Waals surface area contributed by atoms with E-state index in [0.29, 0.717) is 22.6 Å². The number of hydrogen-bond donors (Lipinski definition) is 2. The third-order valence-electron chi connectivity index (χ3n) is 6.22. The van der Waals surface area contributed by atoms with Gasteiger partial charge in [-0.05, 0) is 68.5 Å². The Balaban J connectivity index is 1.68. The second-order valence-corrected chi connectivity index (χ2v) is 8.30. The molecule has 3 aromatic rings. The predicted molar refractivity (Wildman–Crippen MR) is 120 cm³/mol. The van der Waals surface area contributed by atoms with Crippen molar-refractivity contribution in [1.82, 2.24) is 9.55 Å². The van der Waals surface area contributed by atoms with Crippen LogP contribution in [-0.2, 0) is 6.42 Å². The minimum Gasteiger partial charge on any atom is -0.325 e. The molecule has 1 aliphatic carbocycles. The summed E-state index contributed by atoms with van der Waals surface area (Å²) in [6.07, 6.45) is 5.53. The fraction of sp³-hybridized carbons (Fsp3) is 0.320. The third-order valence-corrected chi connectivity index (χ3v) is 6.22. The second-order valence-electron chi connectivity index (χ2n) is 8.30. The van der Waals surface area contributed by atoms with Gasteiger partial charge in [-0.25, -0.2) is 4.39 Å². The summed E-state index contributed by atoms with van der Waals surface area (Å²) in [7, 11) is 0. The molecule has 1 aliphatic heterocycles. The molecule has 2 N–H and O–H groups in total. The smallest absolute Gasteiger partial charge is 0.230 e. The van der Waals surface area contributed by atoms with Gasteiger partial charge in [0.1, 0.15) is 17.5 Å². The summed E-state index contributed by atoms with van der Waals surface area (Å²) in [6, 6.07) is 10.6. The molecule has 0 bridgehead atoms. The van der Waals surface area contributed by atoms with Crippen molar-refractivity contribution in [3.05, 3.63) is 59.0 Å². The molecule has 0 radical (unpaired) electrons. The molecule has 2 aliphatic rings. The van der Waals surface area contributed by atoms with Gasteiger partial charge in [-0.3, -0.25) is 15.4 Å². The van der Waals surface area contributed by atoms with Crippen molar-refractivity contribution in [2.75, 3.05) is 11.4 Å². The number of hydrogen-bond acceptors (Lipinski definition) is 4. The van der Waals surface area contributed by atoms with Gasteiger partial charge in [-0.2, -0.15) is 4.98 Å². The molecule has 5 nitrogen and oxygen atoms in total. The topological polar surface area (TPSA) is 68.8 Å². The Labute approximate surface area is 180 Å². The van der Waals surface area contributed by atoms with Gasteiger partial charge >= 0.3 is 0 Å². The molecule has 1 aromatic heterocycles. The molecular formula is C25H24FN5. The first-order chi connectivity index (χ1) is 15.0. The van der Waals surface area contributed by atoms with E-state index >= 15 is 0 Å². The first kappa shape index (κ1) is 19.5.